The van der Waals surface area contributed by atoms with Gasteiger partial charge in [-0.1, -0.05) is 12.2 Å². The zero-order valence-electron chi connectivity index (χ0n) is 7.34. The molecule has 68 valence electrons. The average Bonchev–Trinajstić information content (AvgIpc) is 2.50. The summed E-state index contributed by atoms with van der Waals surface area (Å²) in [6, 6.07) is 0. The quantitative estimate of drug-likeness (QED) is 0.620. The van der Waals surface area contributed by atoms with Crippen molar-refractivity contribution in [3.8, 4) is 0 Å². The molecule has 12 heavy (non-hydrogen) atoms. The van der Waals surface area contributed by atoms with Crippen molar-refractivity contribution in [1.82, 2.24) is 5.32 Å². The summed E-state index contributed by atoms with van der Waals surface area (Å²) in [4.78, 5) is 11.0. The molecule has 1 saturated heterocycles. The van der Waals surface area contributed by atoms with Crippen LogP contribution in [0.4, 0.5) is 0 Å². The Morgan fingerprint density at radius 1 is 1.75 bits per heavy atom. The minimum absolute atomic E-state index is 0.535. The van der Waals surface area contributed by atoms with E-state index in [4.69, 9.17) is 5.11 Å². The number of hydrogen-bond acceptors (Lipinski definition) is 2. The fourth-order valence-corrected chi connectivity index (χ4v) is 1.53. The maximum Gasteiger partial charge on any atom is 0.311 e. The lowest BCUT2D eigenvalue weighted by atomic mass is 9.84. The van der Waals surface area contributed by atoms with E-state index in [2.05, 4.69) is 5.32 Å². The van der Waals surface area contributed by atoms with Crippen LogP contribution >= 0.6 is 0 Å². The molecule has 1 unspecified atom stereocenters. The number of carbonyl (C=O) groups is 1. The van der Waals surface area contributed by atoms with Crippen LogP contribution in [-0.2, 0) is 4.79 Å². The van der Waals surface area contributed by atoms with Gasteiger partial charge in [-0.3, -0.25) is 4.79 Å². The first kappa shape index (κ1) is 9.26. The second-order valence-corrected chi connectivity index (χ2v) is 3.29. The monoisotopic (exact) mass is 169 g/mol. The molecule has 0 aromatic rings. The lowest BCUT2D eigenvalue weighted by molar-refractivity contribution is -0.147. The van der Waals surface area contributed by atoms with Crippen molar-refractivity contribution in [1.29, 1.82) is 0 Å². The number of rotatable bonds is 3. The molecule has 0 aromatic heterocycles. The highest BCUT2D eigenvalue weighted by Crippen LogP contribution is 2.30. The third kappa shape index (κ3) is 1.67. The fraction of sp³-hybridized carbons (Fsp3) is 0.667. The first-order valence-electron chi connectivity index (χ1n) is 4.26. The number of nitrogens with one attached hydrogen (secondary N) is 1. The molecule has 1 heterocycles. The van der Waals surface area contributed by atoms with Crippen LogP contribution in [0.3, 0.4) is 0 Å². The predicted molar refractivity (Wildman–Crippen MR) is 47.0 cm³/mol. The van der Waals surface area contributed by atoms with Crippen molar-refractivity contribution < 1.29 is 9.90 Å². The van der Waals surface area contributed by atoms with E-state index >= 15 is 0 Å². The number of carboxylic acids is 1. The summed E-state index contributed by atoms with van der Waals surface area (Å²) in [5.74, 6) is -0.675. The lowest BCUT2D eigenvalue weighted by Crippen LogP contribution is -2.32. The molecule has 2 N–H and O–H groups in total. The van der Waals surface area contributed by atoms with Crippen LogP contribution in [0.2, 0.25) is 0 Å². The Morgan fingerprint density at radius 2 is 2.50 bits per heavy atom. The van der Waals surface area contributed by atoms with Crippen molar-refractivity contribution in [2.24, 2.45) is 5.41 Å². The summed E-state index contributed by atoms with van der Waals surface area (Å²) in [5.41, 5.74) is -0.535. The lowest BCUT2D eigenvalue weighted by Gasteiger charge is -2.20. The number of aliphatic carboxylic acids is 1. The molecule has 3 nitrogen and oxygen atoms in total. The van der Waals surface area contributed by atoms with Crippen LogP contribution in [-0.4, -0.2) is 24.2 Å². The Kier molecular flexibility index (Phi) is 2.87. The molecule has 1 atom stereocenters. The fourth-order valence-electron chi connectivity index (χ4n) is 1.53. The van der Waals surface area contributed by atoms with Crippen molar-refractivity contribution in [3.63, 3.8) is 0 Å². The highest BCUT2D eigenvalue weighted by Gasteiger charge is 2.39. The van der Waals surface area contributed by atoms with Gasteiger partial charge in [0.2, 0.25) is 0 Å². The standard InChI is InChI=1S/C9H15NO2/c1-2-3-4-9(8(11)12)5-6-10-7-9/h2-3,10H,4-7H2,1H3,(H,11,12). The molecule has 1 fully saturated rings. The minimum atomic E-state index is -0.675. The molecule has 0 radical (unpaired) electrons. The van der Waals surface area contributed by atoms with Gasteiger partial charge in [0.05, 0.1) is 5.41 Å². The molecule has 0 aromatic carbocycles. The molecule has 1 aliphatic heterocycles. The minimum Gasteiger partial charge on any atom is -0.481 e. The zero-order valence-corrected chi connectivity index (χ0v) is 7.34. The molecule has 3 heteroatoms. The third-order valence-electron chi connectivity index (χ3n) is 2.44. The Bertz CT molecular complexity index is 193. The summed E-state index contributed by atoms with van der Waals surface area (Å²) in [5, 5.41) is 12.1. The van der Waals surface area contributed by atoms with Gasteiger partial charge in [0, 0.05) is 6.54 Å². The van der Waals surface area contributed by atoms with Gasteiger partial charge in [0.15, 0.2) is 0 Å². The SMILES string of the molecule is CC=CCC1(C(=O)O)CCNC1. The molecule has 0 saturated carbocycles. The van der Waals surface area contributed by atoms with E-state index in [1.807, 2.05) is 19.1 Å². The molecule has 0 bridgehead atoms. The van der Waals surface area contributed by atoms with Crippen LogP contribution < -0.4 is 5.32 Å². The van der Waals surface area contributed by atoms with Gasteiger partial charge in [0.1, 0.15) is 0 Å². The summed E-state index contributed by atoms with van der Waals surface area (Å²) in [7, 11) is 0. The largest absolute Gasteiger partial charge is 0.481 e. The second kappa shape index (κ2) is 3.72. The molecule has 0 spiro atoms. The Morgan fingerprint density at radius 3 is 2.92 bits per heavy atom. The summed E-state index contributed by atoms with van der Waals surface area (Å²) in [6.07, 6.45) is 5.22. The van der Waals surface area contributed by atoms with E-state index in [-0.39, 0.29) is 0 Å². The zero-order chi connectivity index (χ0) is 9.03. The molecule has 0 amide bonds. The van der Waals surface area contributed by atoms with Gasteiger partial charge >= 0.3 is 5.97 Å². The molecule has 1 aliphatic rings. The van der Waals surface area contributed by atoms with Gasteiger partial charge in [-0.2, -0.15) is 0 Å². The van der Waals surface area contributed by atoms with Gasteiger partial charge in [-0.15, -0.1) is 0 Å². The van der Waals surface area contributed by atoms with E-state index in [0.29, 0.717) is 13.0 Å². The van der Waals surface area contributed by atoms with Crippen molar-refractivity contribution >= 4 is 5.97 Å². The highest BCUT2D eigenvalue weighted by atomic mass is 16.4. The van der Waals surface area contributed by atoms with Crippen molar-refractivity contribution in [3.05, 3.63) is 12.2 Å². The van der Waals surface area contributed by atoms with Crippen LogP contribution in [0, 0.1) is 5.41 Å². The average molecular weight is 169 g/mol. The number of carboxylic acid groups (broad SMARTS) is 1. The van der Waals surface area contributed by atoms with Gasteiger partial charge in [0.25, 0.3) is 0 Å². The third-order valence-corrected chi connectivity index (χ3v) is 2.44. The van der Waals surface area contributed by atoms with E-state index in [1.54, 1.807) is 0 Å². The summed E-state index contributed by atoms with van der Waals surface area (Å²) >= 11 is 0. The summed E-state index contributed by atoms with van der Waals surface area (Å²) < 4.78 is 0. The van der Waals surface area contributed by atoms with Crippen molar-refractivity contribution in [2.45, 2.75) is 19.8 Å². The van der Waals surface area contributed by atoms with E-state index < -0.39 is 11.4 Å². The molecular formula is C9H15NO2. The first-order valence-corrected chi connectivity index (χ1v) is 4.26. The Labute approximate surface area is 72.5 Å². The second-order valence-electron chi connectivity index (χ2n) is 3.29. The molecule has 0 aliphatic carbocycles. The van der Waals surface area contributed by atoms with Crippen molar-refractivity contribution in [2.75, 3.05) is 13.1 Å². The van der Waals surface area contributed by atoms with Crippen LogP contribution in [0.15, 0.2) is 12.2 Å². The van der Waals surface area contributed by atoms with E-state index in [1.165, 1.54) is 0 Å². The maximum absolute atomic E-state index is 11.0. The Balaban J connectivity index is 2.65. The van der Waals surface area contributed by atoms with E-state index in [9.17, 15) is 4.79 Å². The molecule has 1 rings (SSSR count). The predicted octanol–water partition coefficient (Wildman–Crippen LogP) is 1.02. The highest BCUT2D eigenvalue weighted by molar-refractivity contribution is 5.75. The molecular weight excluding hydrogens is 154 g/mol. The van der Waals surface area contributed by atoms with Crippen LogP contribution in [0.5, 0.6) is 0 Å². The summed E-state index contributed by atoms with van der Waals surface area (Å²) in [6.45, 7) is 3.34. The maximum atomic E-state index is 11.0. The number of allylic oxidation sites excluding steroid dienone is 2. The normalized spacial score (nSPS) is 29.8. The van der Waals surface area contributed by atoms with E-state index in [0.717, 1.165) is 13.0 Å². The topological polar surface area (TPSA) is 49.3 Å². The number of hydrogen-bond donors (Lipinski definition) is 2. The Hall–Kier alpha value is -0.830. The van der Waals surface area contributed by atoms with Gasteiger partial charge in [-0.25, -0.2) is 0 Å². The van der Waals surface area contributed by atoms with Crippen LogP contribution in [0.25, 0.3) is 0 Å². The van der Waals surface area contributed by atoms with Crippen LogP contribution in [0.1, 0.15) is 19.8 Å². The smallest absolute Gasteiger partial charge is 0.311 e. The van der Waals surface area contributed by atoms with Gasteiger partial charge in [-0.05, 0) is 26.3 Å². The first-order chi connectivity index (χ1) is 5.71. The van der Waals surface area contributed by atoms with Gasteiger partial charge < -0.3 is 10.4 Å².